The minimum Gasteiger partial charge on any atom is -0.469 e. The van der Waals surface area contributed by atoms with Crippen LogP contribution in [-0.4, -0.2) is 0 Å². The topological polar surface area (TPSA) is 39.2 Å². The van der Waals surface area contributed by atoms with Crippen molar-refractivity contribution in [1.29, 1.82) is 0 Å². The van der Waals surface area contributed by atoms with Crippen molar-refractivity contribution in [3.63, 3.8) is 0 Å². The minimum atomic E-state index is -0.352. The third kappa shape index (κ3) is 1.19. The number of furan rings is 1. The molecule has 0 aliphatic carbocycles. The van der Waals surface area contributed by atoms with Gasteiger partial charge in [-0.3, -0.25) is 0 Å². The Morgan fingerprint density at radius 2 is 2.40 bits per heavy atom. The molecule has 0 saturated heterocycles. The Hall–Kier alpha value is -0.830. The van der Waals surface area contributed by atoms with Crippen LogP contribution in [0.1, 0.15) is 24.9 Å². The predicted octanol–water partition coefficient (Wildman–Crippen LogP) is 1.83. The van der Waals surface area contributed by atoms with Gasteiger partial charge in [0.15, 0.2) is 5.82 Å². The molecule has 1 atom stereocenters. The van der Waals surface area contributed by atoms with Crippen LogP contribution in [0.3, 0.4) is 0 Å². The maximum atomic E-state index is 12.6. The molecule has 3 heteroatoms. The summed E-state index contributed by atoms with van der Waals surface area (Å²) in [6.07, 6.45) is 3.13. The maximum Gasteiger partial charge on any atom is 0.166 e. The van der Waals surface area contributed by atoms with Crippen LogP contribution < -0.4 is 5.73 Å². The van der Waals surface area contributed by atoms with Gasteiger partial charge < -0.3 is 10.2 Å². The van der Waals surface area contributed by atoms with Crippen LogP contribution in [0, 0.1) is 5.82 Å². The van der Waals surface area contributed by atoms with E-state index in [9.17, 15) is 4.39 Å². The first-order chi connectivity index (χ1) is 4.75. The maximum absolute atomic E-state index is 12.6. The molecule has 1 heterocycles. The smallest absolute Gasteiger partial charge is 0.166 e. The fourth-order valence-corrected chi connectivity index (χ4v) is 0.776. The van der Waals surface area contributed by atoms with E-state index in [1.807, 2.05) is 6.92 Å². The van der Waals surface area contributed by atoms with Crippen LogP contribution in [0.2, 0.25) is 0 Å². The van der Waals surface area contributed by atoms with Crippen molar-refractivity contribution < 1.29 is 8.81 Å². The lowest BCUT2D eigenvalue weighted by Crippen LogP contribution is -2.08. The highest BCUT2D eigenvalue weighted by molar-refractivity contribution is 5.12. The number of halogens is 1. The first-order valence-electron chi connectivity index (χ1n) is 3.23. The average Bonchev–Trinajstić information content (AvgIpc) is 2.34. The van der Waals surface area contributed by atoms with Crippen molar-refractivity contribution in [3.8, 4) is 0 Å². The van der Waals surface area contributed by atoms with E-state index < -0.39 is 0 Å². The molecule has 1 rings (SSSR count). The first kappa shape index (κ1) is 7.28. The SMILES string of the molecule is CC[C@H](N)c1cocc1F. The van der Waals surface area contributed by atoms with Crippen molar-refractivity contribution >= 4 is 0 Å². The molecule has 0 unspecified atom stereocenters. The molecule has 56 valence electrons. The van der Waals surface area contributed by atoms with Gasteiger partial charge in [-0.2, -0.15) is 0 Å². The van der Waals surface area contributed by atoms with E-state index in [1.165, 1.54) is 6.26 Å². The van der Waals surface area contributed by atoms with Gasteiger partial charge in [0, 0.05) is 11.6 Å². The molecule has 0 saturated carbocycles. The van der Waals surface area contributed by atoms with Crippen LogP contribution in [0.15, 0.2) is 16.9 Å². The summed E-state index contributed by atoms with van der Waals surface area (Å²) in [5, 5.41) is 0. The van der Waals surface area contributed by atoms with Gasteiger partial charge in [-0.1, -0.05) is 6.92 Å². The molecule has 2 nitrogen and oxygen atoms in total. The summed E-state index contributed by atoms with van der Waals surface area (Å²) in [7, 11) is 0. The second-order valence-electron chi connectivity index (χ2n) is 2.19. The Morgan fingerprint density at radius 1 is 1.70 bits per heavy atom. The van der Waals surface area contributed by atoms with E-state index >= 15 is 0 Å². The highest BCUT2D eigenvalue weighted by atomic mass is 19.1. The molecule has 0 aromatic carbocycles. The number of rotatable bonds is 2. The van der Waals surface area contributed by atoms with Gasteiger partial charge in [0.25, 0.3) is 0 Å². The van der Waals surface area contributed by atoms with Crippen molar-refractivity contribution in [2.24, 2.45) is 5.73 Å². The standard InChI is InChI=1S/C7H10FNO/c1-2-7(9)5-3-10-4-6(5)8/h3-4,7H,2,9H2,1H3/t7-/m0/s1. The van der Waals surface area contributed by atoms with E-state index in [-0.39, 0.29) is 11.9 Å². The zero-order valence-corrected chi connectivity index (χ0v) is 5.80. The van der Waals surface area contributed by atoms with Crippen molar-refractivity contribution in [2.75, 3.05) is 0 Å². The van der Waals surface area contributed by atoms with E-state index in [1.54, 1.807) is 0 Å². The summed E-state index contributed by atoms with van der Waals surface area (Å²) in [6.45, 7) is 1.90. The summed E-state index contributed by atoms with van der Waals surface area (Å²) in [5.74, 6) is -0.352. The Kier molecular flexibility index (Phi) is 2.06. The Bertz CT molecular complexity index is 209. The van der Waals surface area contributed by atoms with Gasteiger partial charge in [-0.25, -0.2) is 4.39 Å². The lowest BCUT2D eigenvalue weighted by molar-refractivity contribution is 0.532. The zero-order chi connectivity index (χ0) is 7.56. The number of nitrogens with two attached hydrogens (primary N) is 1. The van der Waals surface area contributed by atoms with E-state index in [0.29, 0.717) is 5.56 Å². The summed E-state index contributed by atoms with van der Waals surface area (Å²) < 4.78 is 17.2. The molecule has 0 bridgehead atoms. The Morgan fingerprint density at radius 3 is 2.80 bits per heavy atom. The van der Waals surface area contributed by atoms with Crippen LogP contribution >= 0.6 is 0 Å². The Balaban J connectivity index is 2.82. The van der Waals surface area contributed by atoms with Crippen molar-refractivity contribution in [1.82, 2.24) is 0 Å². The molecule has 0 spiro atoms. The predicted molar refractivity (Wildman–Crippen MR) is 35.9 cm³/mol. The highest BCUT2D eigenvalue weighted by Crippen LogP contribution is 2.17. The van der Waals surface area contributed by atoms with E-state index in [0.717, 1.165) is 12.7 Å². The van der Waals surface area contributed by atoms with Gasteiger partial charge in [0.1, 0.15) is 6.26 Å². The molecule has 10 heavy (non-hydrogen) atoms. The van der Waals surface area contributed by atoms with Gasteiger partial charge in [-0.15, -0.1) is 0 Å². The quantitative estimate of drug-likeness (QED) is 0.685. The van der Waals surface area contributed by atoms with Crippen molar-refractivity contribution in [2.45, 2.75) is 19.4 Å². The average molecular weight is 143 g/mol. The van der Waals surface area contributed by atoms with Crippen LogP contribution in [0.25, 0.3) is 0 Å². The fourth-order valence-electron chi connectivity index (χ4n) is 0.776. The summed E-state index contributed by atoms with van der Waals surface area (Å²) >= 11 is 0. The molecular formula is C7H10FNO. The zero-order valence-electron chi connectivity index (χ0n) is 5.80. The molecule has 0 radical (unpaired) electrons. The number of hydrogen-bond acceptors (Lipinski definition) is 2. The van der Waals surface area contributed by atoms with Crippen LogP contribution in [-0.2, 0) is 0 Å². The molecule has 1 aromatic heterocycles. The molecule has 0 amide bonds. The van der Waals surface area contributed by atoms with Crippen LogP contribution in [0.5, 0.6) is 0 Å². The van der Waals surface area contributed by atoms with Crippen molar-refractivity contribution in [3.05, 3.63) is 23.9 Å². The monoisotopic (exact) mass is 143 g/mol. The molecular weight excluding hydrogens is 133 g/mol. The third-order valence-corrected chi connectivity index (χ3v) is 1.48. The third-order valence-electron chi connectivity index (χ3n) is 1.48. The lowest BCUT2D eigenvalue weighted by atomic mass is 10.1. The van der Waals surface area contributed by atoms with Crippen LogP contribution in [0.4, 0.5) is 4.39 Å². The minimum absolute atomic E-state index is 0.237. The largest absolute Gasteiger partial charge is 0.469 e. The summed E-state index contributed by atoms with van der Waals surface area (Å²) in [6, 6.07) is -0.237. The number of hydrogen-bond donors (Lipinski definition) is 1. The summed E-state index contributed by atoms with van der Waals surface area (Å²) in [5.41, 5.74) is 6.00. The van der Waals surface area contributed by atoms with Gasteiger partial charge >= 0.3 is 0 Å². The van der Waals surface area contributed by atoms with E-state index in [4.69, 9.17) is 5.73 Å². The molecule has 2 N–H and O–H groups in total. The second-order valence-corrected chi connectivity index (χ2v) is 2.19. The molecule has 0 fully saturated rings. The molecule has 1 aromatic rings. The molecule has 0 aliphatic heterocycles. The highest BCUT2D eigenvalue weighted by Gasteiger charge is 2.10. The molecule has 0 aliphatic rings. The van der Waals surface area contributed by atoms with Gasteiger partial charge in [0.2, 0.25) is 0 Å². The van der Waals surface area contributed by atoms with E-state index in [2.05, 4.69) is 4.42 Å². The second kappa shape index (κ2) is 2.84. The fraction of sp³-hybridized carbons (Fsp3) is 0.429. The summed E-state index contributed by atoms with van der Waals surface area (Å²) in [4.78, 5) is 0. The Labute approximate surface area is 58.8 Å². The lowest BCUT2D eigenvalue weighted by Gasteiger charge is -2.03. The van der Waals surface area contributed by atoms with Gasteiger partial charge in [0.05, 0.1) is 6.26 Å². The first-order valence-corrected chi connectivity index (χ1v) is 3.23. The van der Waals surface area contributed by atoms with Gasteiger partial charge in [-0.05, 0) is 6.42 Å². The normalized spacial score (nSPS) is 13.5.